The molecule has 2 rings (SSSR count). The number of hydrogen-bond acceptors (Lipinski definition) is 3. The summed E-state index contributed by atoms with van der Waals surface area (Å²) in [6.07, 6.45) is 3.57. The van der Waals surface area contributed by atoms with Crippen LogP contribution in [0.3, 0.4) is 0 Å². The summed E-state index contributed by atoms with van der Waals surface area (Å²) in [7, 11) is 0. The molecule has 1 aliphatic heterocycles. The van der Waals surface area contributed by atoms with Gasteiger partial charge in [-0.2, -0.15) is 0 Å². The summed E-state index contributed by atoms with van der Waals surface area (Å²) in [5.74, 6) is 0. The Morgan fingerprint density at radius 1 is 1.40 bits per heavy atom. The van der Waals surface area contributed by atoms with Crippen molar-refractivity contribution in [1.82, 2.24) is 5.32 Å². The highest BCUT2D eigenvalue weighted by Crippen LogP contribution is 2.25. The molecule has 1 fully saturated rings. The van der Waals surface area contributed by atoms with Gasteiger partial charge in [-0.15, -0.1) is 0 Å². The predicted octanol–water partition coefficient (Wildman–Crippen LogP) is 3.69. The monoisotopic (exact) mass is 341 g/mol. The molecule has 1 aromatic carbocycles. The Morgan fingerprint density at radius 2 is 2.20 bits per heavy atom. The lowest BCUT2D eigenvalue weighted by Crippen LogP contribution is -2.30. The molecule has 1 N–H and O–H groups in total. The van der Waals surface area contributed by atoms with Crippen molar-refractivity contribution in [3.8, 4) is 0 Å². The van der Waals surface area contributed by atoms with E-state index in [4.69, 9.17) is 9.47 Å². The van der Waals surface area contributed by atoms with E-state index in [1.165, 1.54) is 5.56 Å². The van der Waals surface area contributed by atoms with Crippen molar-refractivity contribution in [3.63, 3.8) is 0 Å². The zero-order chi connectivity index (χ0) is 14.2. The number of benzene rings is 1. The van der Waals surface area contributed by atoms with E-state index >= 15 is 0 Å². The maximum absolute atomic E-state index is 6.32. The summed E-state index contributed by atoms with van der Waals surface area (Å²) in [5.41, 5.74) is 1.23. The van der Waals surface area contributed by atoms with Crippen LogP contribution in [0.25, 0.3) is 0 Å². The van der Waals surface area contributed by atoms with Crippen LogP contribution < -0.4 is 5.32 Å². The fourth-order valence-electron chi connectivity index (χ4n) is 2.41. The molecule has 0 aromatic heterocycles. The molecule has 112 valence electrons. The van der Waals surface area contributed by atoms with Crippen LogP contribution in [-0.4, -0.2) is 32.4 Å². The van der Waals surface area contributed by atoms with Crippen LogP contribution in [0, 0.1) is 0 Å². The third-order valence-corrected chi connectivity index (χ3v) is 4.00. The van der Waals surface area contributed by atoms with Gasteiger partial charge in [0.25, 0.3) is 0 Å². The van der Waals surface area contributed by atoms with Gasteiger partial charge in [-0.1, -0.05) is 35.0 Å². The average Bonchev–Trinajstić information content (AvgIpc) is 2.47. The van der Waals surface area contributed by atoms with Gasteiger partial charge in [0.05, 0.1) is 12.2 Å². The van der Waals surface area contributed by atoms with Crippen molar-refractivity contribution in [3.05, 3.63) is 34.3 Å². The molecular formula is C16H24BrNO2. The fraction of sp³-hybridized carbons (Fsp3) is 0.625. The van der Waals surface area contributed by atoms with E-state index in [1.807, 2.05) is 0 Å². The van der Waals surface area contributed by atoms with E-state index < -0.39 is 0 Å². The standard InChI is InChI=1S/C16H24BrNO2/c1-2-8-18-12-16(13-4-3-5-14(17)11-13)20-15-6-9-19-10-7-15/h3-5,11,15-16,18H,2,6-10,12H2,1H3. The number of rotatable bonds is 7. The van der Waals surface area contributed by atoms with Crippen molar-refractivity contribution in [2.75, 3.05) is 26.3 Å². The van der Waals surface area contributed by atoms with Gasteiger partial charge in [0.15, 0.2) is 0 Å². The second kappa shape index (κ2) is 8.78. The number of ether oxygens (including phenoxy) is 2. The quantitative estimate of drug-likeness (QED) is 0.767. The minimum atomic E-state index is 0.113. The van der Waals surface area contributed by atoms with Crippen molar-refractivity contribution < 1.29 is 9.47 Å². The summed E-state index contributed by atoms with van der Waals surface area (Å²) in [6.45, 7) is 5.71. The maximum Gasteiger partial charge on any atom is 0.0953 e. The average molecular weight is 342 g/mol. The van der Waals surface area contributed by atoms with Crippen LogP contribution in [0.15, 0.2) is 28.7 Å². The van der Waals surface area contributed by atoms with E-state index in [-0.39, 0.29) is 6.10 Å². The van der Waals surface area contributed by atoms with Gasteiger partial charge in [-0.25, -0.2) is 0 Å². The minimum absolute atomic E-state index is 0.113. The highest BCUT2D eigenvalue weighted by atomic mass is 79.9. The molecule has 1 saturated heterocycles. The Kier molecular flexibility index (Phi) is 7.00. The Hall–Kier alpha value is -0.420. The lowest BCUT2D eigenvalue weighted by atomic mass is 10.1. The summed E-state index contributed by atoms with van der Waals surface area (Å²) >= 11 is 3.54. The van der Waals surface area contributed by atoms with Gasteiger partial charge in [0.1, 0.15) is 0 Å². The zero-order valence-corrected chi connectivity index (χ0v) is 13.7. The predicted molar refractivity (Wildman–Crippen MR) is 85.0 cm³/mol. The normalized spacial score (nSPS) is 18.1. The Morgan fingerprint density at radius 3 is 2.90 bits per heavy atom. The van der Waals surface area contributed by atoms with Crippen molar-refractivity contribution in [2.45, 2.75) is 38.4 Å². The van der Waals surface area contributed by atoms with Crippen LogP contribution in [0.2, 0.25) is 0 Å². The second-order valence-corrected chi connectivity index (χ2v) is 6.11. The first kappa shape index (κ1) is 16.0. The first-order chi connectivity index (χ1) is 9.79. The lowest BCUT2D eigenvalue weighted by Gasteiger charge is -2.28. The van der Waals surface area contributed by atoms with Gasteiger partial charge < -0.3 is 14.8 Å². The van der Waals surface area contributed by atoms with E-state index in [9.17, 15) is 0 Å². The molecule has 0 saturated carbocycles. The zero-order valence-electron chi connectivity index (χ0n) is 12.1. The third kappa shape index (κ3) is 5.17. The Labute approximate surface area is 130 Å². The van der Waals surface area contributed by atoms with Crippen LogP contribution in [0.4, 0.5) is 0 Å². The smallest absolute Gasteiger partial charge is 0.0953 e. The summed E-state index contributed by atoms with van der Waals surface area (Å²) in [5, 5.41) is 3.47. The van der Waals surface area contributed by atoms with Crippen LogP contribution in [0.1, 0.15) is 37.9 Å². The van der Waals surface area contributed by atoms with Crippen LogP contribution in [-0.2, 0) is 9.47 Å². The first-order valence-corrected chi connectivity index (χ1v) is 8.28. The summed E-state index contributed by atoms with van der Waals surface area (Å²) < 4.78 is 12.8. The molecule has 3 nitrogen and oxygen atoms in total. The number of halogens is 1. The second-order valence-electron chi connectivity index (χ2n) is 5.20. The minimum Gasteiger partial charge on any atom is -0.381 e. The highest BCUT2D eigenvalue weighted by Gasteiger charge is 2.20. The molecule has 0 radical (unpaired) electrons. The van der Waals surface area contributed by atoms with Crippen molar-refractivity contribution >= 4 is 15.9 Å². The molecule has 20 heavy (non-hydrogen) atoms. The molecule has 0 spiro atoms. The molecule has 0 bridgehead atoms. The van der Waals surface area contributed by atoms with Gasteiger partial charge in [0.2, 0.25) is 0 Å². The highest BCUT2D eigenvalue weighted by molar-refractivity contribution is 9.10. The molecule has 0 amide bonds. The SMILES string of the molecule is CCCNCC(OC1CCOCC1)c1cccc(Br)c1. The van der Waals surface area contributed by atoms with E-state index in [0.717, 1.165) is 50.0 Å². The van der Waals surface area contributed by atoms with E-state index in [1.54, 1.807) is 0 Å². The maximum atomic E-state index is 6.32. The number of hydrogen-bond donors (Lipinski definition) is 1. The topological polar surface area (TPSA) is 30.5 Å². The molecule has 1 unspecified atom stereocenters. The van der Waals surface area contributed by atoms with E-state index in [2.05, 4.69) is 52.4 Å². The molecule has 1 aromatic rings. The fourth-order valence-corrected chi connectivity index (χ4v) is 2.82. The third-order valence-electron chi connectivity index (χ3n) is 3.50. The molecule has 1 atom stereocenters. The molecule has 0 aliphatic carbocycles. The summed E-state index contributed by atoms with van der Waals surface area (Å²) in [4.78, 5) is 0. The number of nitrogens with one attached hydrogen (secondary N) is 1. The van der Waals surface area contributed by atoms with E-state index in [0.29, 0.717) is 6.10 Å². The van der Waals surface area contributed by atoms with Crippen molar-refractivity contribution in [1.29, 1.82) is 0 Å². The summed E-state index contributed by atoms with van der Waals surface area (Å²) in [6, 6.07) is 8.41. The van der Waals surface area contributed by atoms with Crippen molar-refractivity contribution in [2.24, 2.45) is 0 Å². The van der Waals surface area contributed by atoms with Gasteiger partial charge in [-0.05, 0) is 43.5 Å². The van der Waals surface area contributed by atoms with Gasteiger partial charge in [-0.3, -0.25) is 0 Å². The first-order valence-electron chi connectivity index (χ1n) is 7.49. The molecule has 4 heteroatoms. The van der Waals surface area contributed by atoms with Gasteiger partial charge in [0, 0.05) is 24.2 Å². The van der Waals surface area contributed by atoms with Crippen LogP contribution in [0.5, 0.6) is 0 Å². The Balaban J connectivity index is 1.99. The molecular weight excluding hydrogens is 318 g/mol. The lowest BCUT2D eigenvalue weighted by molar-refractivity contribution is -0.0688. The van der Waals surface area contributed by atoms with Crippen LogP contribution >= 0.6 is 15.9 Å². The Bertz CT molecular complexity index is 394. The van der Waals surface area contributed by atoms with Gasteiger partial charge >= 0.3 is 0 Å². The molecule has 1 heterocycles. The molecule has 1 aliphatic rings. The largest absolute Gasteiger partial charge is 0.381 e.